The van der Waals surface area contributed by atoms with Gasteiger partial charge < -0.3 is 16.0 Å². The molecular formula is C13H19Cl2N3OS. The summed E-state index contributed by atoms with van der Waals surface area (Å²) in [5.74, 6) is 0.760. The molecule has 0 bridgehead atoms. The molecule has 1 aromatic rings. The van der Waals surface area contributed by atoms with Crippen molar-refractivity contribution in [2.75, 3.05) is 37.4 Å². The number of nitrogens with one attached hydrogen (secondary N) is 1. The van der Waals surface area contributed by atoms with E-state index in [0.29, 0.717) is 21.4 Å². The van der Waals surface area contributed by atoms with E-state index in [4.69, 9.17) is 28.9 Å². The second-order valence-electron chi connectivity index (χ2n) is 4.66. The quantitative estimate of drug-likeness (QED) is 0.784. The Balaban J connectivity index is 2.62. The maximum absolute atomic E-state index is 12.1. The number of nitrogen functional groups attached to an aromatic ring is 1. The highest BCUT2D eigenvalue weighted by molar-refractivity contribution is 8.00. The highest BCUT2D eigenvalue weighted by Gasteiger charge is 2.16. The van der Waals surface area contributed by atoms with Crippen LogP contribution in [0.1, 0.15) is 6.92 Å². The van der Waals surface area contributed by atoms with Crippen LogP contribution < -0.4 is 11.1 Å². The Morgan fingerprint density at radius 2 is 2.10 bits per heavy atom. The molecule has 4 nitrogen and oxygen atoms in total. The van der Waals surface area contributed by atoms with Gasteiger partial charge in [0.25, 0.3) is 0 Å². The molecule has 0 aliphatic carbocycles. The predicted octanol–water partition coefficient (Wildman–Crippen LogP) is 3.20. The number of hydrogen-bond acceptors (Lipinski definition) is 4. The Kier molecular flexibility index (Phi) is 6.95. The summed E-state index contributed by atoms with van der Waals surface area (Å²) in [6, 6.07) is 3.12. The minimum atomic E-state index is -0.180. The molecule has 1 atom stereocenters. The van der Waals surface area contributed by atoms with Crippen LogP contribution in [0.2, 0.25) is 10.0 Å². The Hall–Kier alpha value is -0.620. The highest BCUT2D eigenvalue weighted by atomic mass is 35.5. The first-order valence-corrected chi connectivity index (χ1v) is 7.93. The maximum atomic E-state index is 12.1. The Morgan fingerprint density at radius 3 is 2.65 bits per heavy atom. The van der Waals surface area contributed by atoms with Gasteiger partial charge in [0.05, 0.1) is 21.6 Å². The number of hydrogen-bond donors (Lipinski definition) is 2. The molecule has 0 aliphatic heterocycles. The summed E-state index contributed by atoms with van der Waals surface area (Å²) >= 11 is 13.5. The zero-order valence-corrected chi connectivity index (χ0v) is 14.1. The van der Waals surface area contributed by atoms with E-state index < -0.39 is 0 Å². The van der Waals surface area contributed by atoms with Crippen molar-refractivity contribution < 1.29 is 4.79 Å². The molecule has 1 aromatic carbocycles. The van der Waals surface area contributed by atoms with Gasteiger partial charge >= 0.3 is 0 Å². The van der Waals surface area contributed by atoms with Gasteiger partial charge in [-0.25, -0.2) is 0 Å². The van der Waals surface area contributed by atoms with Crippen molar-refractivity contribution in [1.29, 1.82) is 0 Å². The summed E-state index contributed by atoms with van der Waals surface area (Å²) in [6.07, 6.45) is 0. The van der Waals surface area contributed by atoms with E-state index in [1.54, 1.807) is 23.9 Å². The fraction of sp³-hybridized carbons (Fsp3) is 0.462. The first-order chi connectivity index (χ1) is 9.31. The monoisotopic (exact) mass is 335 g/mol. The molecule has 0 saturated carbocycles. The van der Waals surface area contributed by atoms with Crippen molar-refractivity contribution >= 4 is 52.2 Å². The number of rotatable bonds is 6. The van der Waals surface area contributed by atoms with Crippen LogP contribution >= 0.6 is 35.0 Å². The number of benzene rings is 1. The van der Waals surface area contributed by atoms with Crippen LogP contribution in [-0.2, 0) is 4.79 Å². The molecule has 0 aliphatic rings. The third-order valence-electron chi connectivity index (χ3n) is 2.61. The van der Waals surface area contributed by atoms with Gasteiger partial charge in [-0.05, 0) is 33.2 Å². The fourth-order valence-electron chi connectivity index (χ4n) is 1.44. The van der Waals surface area contributed by atoms with E-state index in [2.05, 4.69) is 10.2 Å². The molecule has 20 heavy (non-hydrogen) atoms. The molecule has 0 fully saturated rings. The first-order valence-electron chi connectivity index (χ1n) is 6.13. The van der Waals surface area contributed by atoms with Crippen LogP contribution in [0, 0.1) is 0 Å². The summed E-state index contributed by atoms with van der Waals surface area (Å²) in [6.45, 7) is 2.78. The molecule has 112 valence electrons. The van der Waals surface area contributed by atoms with Gasteiger partial charge in [0.2, 0.25) is 5.91 Å². The second-order valence-corrected chi connectivity index (χ2v) is 6.95. The third-order valence-corrected chi connectivity index (χ3v) is 4.26. The summed E-state index contributed by atoms with van der Waals surface area (Å²) in [4.78, 5) is 14.2. The number of carbonyl (C=O) groups excluding carboxylic acids is 1. The third kappa shape index (κ3) is 5.40. The normalized spacial score (nSPS) is 12.5. The van der Waals surface area contributed by atoms with Crippen molar-refractivity contribution in [2.45, 2.75) is 12.2 Å². The van der Waals surface area contributed by atoms with Crippen molar-refractivity contribution in [2.24, 2.45) is 0 Å². The van der Waals surface area contributed by atoms with Crippen LogP contribution in [0.3, 0.4) is 0 Å². The Morgan fingerprint density at radius 1 is 1.45 bits per heavy atom. The average Bonchev–Trinajstić information content (AvgIpc) is 2.32. The van der Waals surface area contributed by atoms with Gasteiger partial charge in [0, 0.05) is 17.3 Å². The SMILES string of the molecule is CC(SCCN(C)C)C(=O)Nc1c(N)cc(Cl)cc1Cl. The van der Waals surface area contributed by atoms with Gasteiger partial charge in [-0.15, -0.1) is 11.8 Å². The summed E-state index contributed by atoms with van der Waals surface area (Å²) in [7, 11) is 4.00. The molecule has 1 rings (SSSR count). The first kappa shape index (κ1) is 17.4. The van der Waals surface area contributed by atoms with E-state index in [0.717, 1.165) is 12.3 Å². The lowest BCUT2D eigenvalue weighted by molar-refractivity contribution is -0.115. The van der Waals surface area contributed by atoms with Crippen LogP contribution in [0.4, 0.5) is 11.4 Å². The standard InChI is InChI=1S/C13H19Cl2N3OS/c1-8(20-5-4-18(2)3)13(19)17-12-10(15)6-9(14)7-11(12)16/h6-8H,4-5,16H2,1-3H3,(H,17,19). The topological polar surface area (TPSA) is 58.4 Å². The van der Waals surface area contributed by atoms with Crippen molar-refractivity contribution in [3.63, 3.8) is 0 Å². The van der Waals surface area contributed by atoms with Gasteiger partial charge in [-0.1, -0.05) is 23.2 Å². The molecule has 3 N–H and O–H groups in total. The Labute approximate surface area is 134 Å². The molecule has 0 aromatic heterocycles. The van der Waals surface area contributed by atoms with E-state index in [1.807, 2.05) is 21.0 Å². The molecule has 1 amide bonds. The van der Waals surface area contributed by atoms with Crippen LogP contribution in [0.25, 0.3) is 0 Å². The van der Waals surface area contributed by atoms with E-state index in [9.17, 15) is 4.79 Å². The molecule has 7 heteroatoms. The zero-order valence-electron chi connectivity index (χ0n) is 11.7. The molecule has 1 unspecified atom stereocenters. The number of anilines is 2. The number of carbonyl (C=O) groups is 1. The largest absolute Gasteiger partial charge is 0.397 e. The van der Waals surface area contributed by atoms with Gasteiger partial charge in [-0.2, -0.15) is 0 Å². The summed E-state index contributed by atoms with van der Waals surface area (Å²) < 4.78 is 0. The number of amides is 1. The van der Waals surface area contributed by atoms with Crippen LogP contribution in [0.5, 0.6) is 0 Å². The fourth-order valence-corrected chi connectivity index (χ4v) is 3.03. The lowest BCUT2D eigenvalue weighted by Crippen LogP contribution is -2.25. The second kappa shape index (κ2) is 7.98. The molecular weight excluding hydrogens is 317 g/mol. The molecule has 0 heterocycles. The maximum Gasteiger partial charge on any atom is 0.237 e. The van der Waals surface area contributed by atoms with Crippen LogP contribution in [-0.4, -0.2) is 42.4 Å². The minimum absolute atomic E-state index is 0.121. The lowest BCUT2D eigenvalue weighted by atomic mass is 10.2. The number of nitrogens with zero attached hydrogens (tertiary/aromatic N) is 1. The van der Waals surface area contributed by atoms with Crippen molar-refractivity contribution in [3.8, 4) is 0 Å². The number of thioether (sulfide) groups is 1. The smallest absolute Gasteiger partial charge is 0.237 e. The molecule has 0 spiro atoms. The van der Waals surface area contributed by atoms with Crippen molar-refractivity contribution in [3.05, 3.63) is 22.2 Å². The number of nitrogens with two attached hydrogens (primary N) is 1. The zero-order chi connectivity index (χ0) is 15.3. The lowest BCUT2D eigenvalue weighted by Gasteiger charge is -2.16. The van der Waals surface area contributed by atoms with E-state index in [1.165, 1.54) is 0 Å². The summed E-state index contributed by atoms with van der Waals surface area (Å²) in [5.41, 5.74) is 6.59. The predicted molar refractivity (Wildman–Crippen MR) is 90.0 cm³/mol. The van der Waals surface area contributed by atoms with E-state index in [-0.39, 0.29) is 11.2 Å². The van der Waals surface area contributed by atoms with Crippen molar-refractivity contribution in [1.82, 2.24) is 4.90 Å². The summed E-state index contributed by atoms with van der Waals surface area (Å²) in [5, 5.41) is 3.36. The van der Waals surface area contributed by atoms with E-state index >= 15 is 0 Å². The minimum Gasteiger partial charge on any atom is -0.397 e. The van der Waals surface area contributed by atoms with Gasteiger partial charge in [0.1, 0.15) is 0 Å². The highest BCUT2D eigenvalue weighted by Crippen LogP contribution is 2.32. The van der Waals surface area contributed by atoms with Gasteiger partial charge in [-0.3, -0.25) is 4.79 Å². The van der Waals surface area contributed by atoms with Crippen LogP contribution in [0.15, 0.2) is 12.1 Å². The average molecular weight is 336 g/mol. The molecule has 0 saturated heterocycles. The molecule has 0 radical (unpaired) electrons. The Bertz CT molecular complexity index is 460. The number of halogens is 2. The van der Waals surface area contributed by atoms with Gasteiger partial charge in [0.15, 0.2) is 0 Å².